The minimum absolute atomic E-state index is 0.640. The first kappa shape index (κ1) is 8.90. The summed E-state index contributed by atoms with van der Waals surface area (Å²) in [4.78, 5) is 7.72. The van der Waals surface area contributed by atoms with Crippen molar-refractivity contribution in [3.05, 3.63) is 48.4 Å². The lowest BCUT2D eigenvalue weighted by Crippen LogP contribution is -2.22. The Morgan fingerprint density at radius 2 is 2.00 bits per heavy atom. The molecule has 0 aliphatic carbocycles. The summed E-state index contributed by atoms with van der Waals surface area (Å²) in [5, 5.41) is 10.2. The Kier molecular flexibility index (Phi) is 2.05. The number of hydrogen-bond acceptors (Lipinski definition) is 4. The van der Waals surface area contributed by atoms with E-state index in [0.717, 1.165) is 0 Å². The van der Waals surface area contributed by atoms with Crippen LogP contribution in [0.25, 0.3) is 0 Å². The molecule has 2 aromatic rings. The molecule has 72 valence electrons. The molecule has 0 aliphatic rings. The van der Waals surface area contributed by atoms with Crippen molar-refractivity contribution in [3.63, 3.8) is 0 Å². The average Bonchev–Trinajstić information content (AvgIpc) is 2.72. The third-order valence-corrected chi connectivity index (χ3v) is 2.21. The monoisotopic (exact) mass is 190 g/mol. The molecule has 1 unspecified atom stereocenters. The lowest BCUT2D eigenvalue weighted by Gasteiger charge is -2.20. The number of rotatable bonds is 2. The smallest absolute Gasteiger partial charge is 0.118 e. The van der Waals surface area contributed by atoms with Crippen LogP contribution in [0.5, 0.6) is 0 Å². The minimum Gasteiger partial charge on any atom is -0.472 e. The number of furan rings is 1. The van der Waals surface area contributed by atoms with Crippen LogP contribution in [0.3, 0.4) is 0 Å². The van der Waals surface area contributed by atoms with E-state index in [4.69, 9.17) is 4.42 Å². The van der Waals surface area contributed by atoms with Gasteiger partial charge in [-0.25, -0.2) is 9.97 Å². The van der Waals surface area contributed by atoms with Gasteiger partial charge in [0.1, 0.15) is 11.9 Å². The van der Waals surface area contributed by atoms with Crippen LogP contribution in [0.1, 0.15) is 18.1 Å². The average molecular weight is 190 g/mol. The Hall–Kier alpha value is -1.68. The second-order valence-corrected chi connectivity index (χ2v) is 3.21. The quantitative estimate of drug-likeness (QED) is 0.776. The zero-order valence-corrected chi connectivity index (χ0v) is 7.71. The van der Waals surface area contributed by atoms with Gasteiger partial charge in [0.25, 0.3) is 0 Å². The molecule has 0 aliphatic heterocycles. The molecule has 0 fully saturated rings. The van der Waals surface area contributed by atoms with Gasteiger partial charge in [-0.15, -0.1) is 0 Å². The van der Waals surface area contributed by atoms with Gasteiger partial charge in [-0.3, -0.25) is 0 Å². The van der Waals surface area contributed by atoms with Gasteiger partial charge in [0, 0.05) is 23.5 Å². The van der Waals surface area contributed by atoms with Crippen molar-refractivity contribution >= 4 is 0 Å². The molecule has 0 aromatic carbocycles. The Morgan fingerprint density at radius 1 is 1.29 bits per heavy atom. The molecule has 2 heterocycles. The first-order chi connectivity index (χ1) is 6.71. The minimum atomic E-state index is -1.10. The van der Waals surface area contributed by atoms with Gasteiger partial charge in [-0.2, -0.15) is 0 Å². The number of nitrogens with zero attached hydrogens (tertiary/aromatic N) is 2. The molecule has 0 saturated carbocycles. The molecule has 1 atom stereocenters. The van der Waals surface area contributed by atoms with Gasteiger partial charge in [0.05, 0.1) is 12.5 Å². The molecular formula is C10H10N2O2. The Bertz CT molecular complexity index is 395. The highest BCUT2D eigenvalue weighted by molar-refractivity contribution is 5.29. The van der Waals surface area contributed by atoms with Crippen LogP contribution in [-0.2, 0) is 5.60 Å². The fourth-order valence-electron chi connectivity index (χ4n) is 1.26. The van der Waals surface area contributed by atoms with Gasteiger partial charge in [-0.1, -0.05) is 0 Å². The lowest BCUT2D eigenvalue weighted by molar-refractivity contribution is 0.101. The normalized spacial score (nSPS) is 15.0. The van der Waals surface area contributed by atoms with Gasteiger partial charge < -0.3 is 9.52 Å². The molecule has 1 N–H and O–H groups in total. The zero-order chi connectivity index (χ0) is 10.0. The molecule has 14 heavy (non-hydrogen) atoms. The van der Waals surface area contributed by atoms with E-state index in [9.17, 15) is 5.11 Å². The van der Waals surface area contributed by atoms with E-state index in [2.05, 4.69) is 9.97 Å². The van der Waals surface area contributed by atoms with Crippen LogP contribution in [-0.4, -0.2) is 15.1 Å². The molecule has 2 aromatic heterocycles. The van der Waals surface area contributed by atoms with E-state index in [1.165, 1.54) is 18.9 Å². The first-order valence-electron chi connectivity index (χ1n) is 4.22. The molecular weight excluding hydrogens is 180 g/mol. The summed E-state index contributed by atoms with van der Waals surface area (Å²) in [5.74, 6) is 0. The second-order valence-electron chi connectivity index (χ2n) is 3.21. The van der Waals surface area contributed by atoms with Crippen molar-refractivity contribution in [3.8, 4) is 0 Å². The van der Waals surface area contributed by atoms with Crippen LogP contribution in [0.2, 0.25) is 0 Å². The molecule has 0 bridgehead atoms. The summed E-state index contributed by atoms with van der Waals surface area (Å²) in [7, 11) is 0. The highest BCUT2D eigenvalue weighted by Gasteiger charge is 2.27. The maximum absolute atomic E-state index is 10.2. The van der Waals surface area contributed by atoms with Crippen molar-refractivity contribution in [2.45, 2.75) is 12.5 Å². The van der Waals surface area contributed by atoms with Crippen LogP contribution >= 0.6 is 0 Å². The van der Waals surface area contributed by atoms with Crippen LogP contribution in [0, 0.1) is 0 Å². The third-order valence-electron chi connectivity index (χ3n) is 2.21. The summed E-state index contributed by atoms with van der Waals surface area (Å²) >= 11 is 0. The highest BCUT2D eigenvalue weighted by Crippen LogP contribution is 2.27. The zero-order valence-electron chi connectivity index (χ0n) is 7.71. The van der Waals surface area contributed by atoms with E-state index in [-0.39, 0.29) is 0 Å². The van der Waals surface area contributed by atoms with Crippen molar-refractivity contribution in [2.75, 3.05) is 0 Å². The van der Waals surface area contributed by atoms with Crippen molar-refractivity contribution in [1.29, 1.82) is 0 Å². The second kappa shape index (κ2) is 3.23. The van der Waals surface area contributed by atoms with Crippen molar-refractivity contribution in [1.82, 2.24) is 9.97 Å². The predicted molar refractivity (Wildman–Crippen MR) is 49.4 cm³/mol. The number of hydrogen-bond donors (Lipinski definition) is 1. The summed E-state index contributed by atoms with van der Waals surface area (Å²) in [6, 6.07) is 1.72. The van der Waals surface area contributed by atoms with E-state index in [1.54, 1.807) is 25.4 Å². The van der Waals surface area contributed by atoms with Crippen LogP contribution in [0.15, 0.2) is 41.7 Å². The summed E-state index contributed by atoms with van der Waals surface area (Å²) in [6.45, 7) is 1.68. The molecule has 0 radical (unpaired) electrons. The van der Waals surface area contributed by atoms with Crippen molar-refractivity contribution in [2.24, 2.45) is 0 Å². The topological polar surface area (TPSA) is 59.2 Å². The molecule has 2 rings (SSSR count). The lowest BCUT2D eigenvalue weighted by atomic mass is 9.92. The Balaban J connectivity index is 2.43. The largest absolute Gasteiger partial charge is 0.472 e. The van der Waals surface area contributed by atoms with Gasteiger partial charge in [-0.05, 0) is 13.0 Å². The van der Waals surface area contributed by atoms with E-state index in [0.29, 0.717) is 11.1 Å². The third kappa shape index (κ3) is 1.40. The number of aromatic nitrogens is 2. The van der Waals surface area contributed by atoms with E-state index in [1.807, 2.05) is 0 Å². The SMILES string of the molecule is CC(O)(c1cncnc1)c1ccoc1. The molecule has 0 spiro atoms. The van der Waals surface area contributed by atoms with Gasteiger partial charge >= 0.3 is 0 Å². The number of aliphatic hydroxyl groups is 1. The molecule has 4 heteroatoms. The molecule has 4 nitrogen and oxygen atoms in total. The summed E-state index contributed by atoms with van der Waals surface area (Å²) < 4.78 is 4.92. The van der Waals surface area contributed by atoms with E-state index < -0.39 is 5.60 Å². The first-order valence-corrected chi connectivity index (χ1v) is 4.22. The van der Waals surface area contributed by atoms with Gasteiger partial charge in [0.2, 0.25) is 0 Å². The standard InChI is InChI=1S/C10H10N2O2/c1-10(13,8-2-3-14-6-8)9-4-11-7-12-5-9/h2-7,13H,1H3. The predicted octanol–water partition coefficient (Wildman–Crippen LogP) is 1.33. The maximum Gasteiger partial charge on any atom is 0.118 e. The molecule has 0 saturated heterocycles. The summed E-state index contributed by atoms with van der Waals surface area (Å²) in [6.07, 6.45) is 7.62. The maximum atomic E-state index is 10.2. The van der Waals surface area contributed by atoms with Crippen LogP contribution < -0.4 is 0 Å². The van der Waals surface area contributed by atoms with E-state index >= 15 is 0 Å². The Morgan fingerprint density at radius 3 is 2.57 bits per heavy atom. The van der Waals surface area contributed by atoms with Gasteiger partial charge in [0.15, 0.2) is 0 Å². The highest BCUT2D eigenvalue weighted by atomic mass is 16.3. The van der Waals surface area contributed by atoms with Crippen molar-refractivity contribution < 1.29 is 9.52 Å². The van der Waals surface area contributed by atoms with Crippen LogP contribution in [0.4, 0.5) is 0 Å². The fourth-order valence-corrected chi connectivity index (χ4v) is 1.26. The summed E-state index contributed by atoms with van der Waals surface area (Å²) in [5.41, 5.74) is 0.225. The fraction of sp³-hybridized carbons (Fsp3) is 0.200. The molecule has 0 amide bonds. The Labute approximate surface area is 81.2 Å².